The Balaban J connectivity index is 0.974. The van der Waals surface area contributed by atoms with Gasteiger partial charge in [-0.25, -0.2) is 0 Å². The molecule has 0 unspecified atom stereocenters. The third-order valence-corrected chi connectivity index (χ3v) is 15.0. The Bertz CT molecular complexity index is 3910. The summed E-state index contributed by atoms with van der Waals surface area (Å²) in [5.74, 6) is 0. The van der Waals surface area contributed by atoms with E-state index in [1.165, 1.54) is 103 Å². The van der Waals surface area contributed by atoms with E-state index in [4.69, 9.17) is 0 Å². The van der Waals surface area contributed by atoms with Crippen LogP contribution >= 0.6 is 11.3 Å². The standard InChI is InChI=1S/C66H46N2S/c1-4-15-45(16-5-1)47-27-29-49(30-28-47)50-33-38-57(61(42-50)52-34-39-59-58-23-10-12-25-63(58)68(64(59)43-52)53-20-8-3-9-21-53)51-19-14-22-55(41-51)67(54-35-31-48(32-36-54)46-17-6-2-7-18-46)56-37-40-66-62(44-56)60-24-11-13-26-65(60)69-66/h1-13,15-18,20-44H,14,19H2. The average Bonchev–Trinajstić information content (AvgIpc) is 3.97. The molecule has 0 bridgehead atoms. The minimum absolute atomic E-state index is 0.923. The van der Waals surface area contributed by atoms with E-state index in [0.717, 1.165) is 29.9 Å². The second-order valence-electron chi connectivity index (χ2n) is 18.0. The van der Waals surface area contributed by atoms with Crippen LogP contribution in [-0.4, -0.2) is 4.57 Å². The van der Waals surface area contributed by atoms with Crippen molar-refractivity contribution in [1.82, 2.24) is 4.57 Å². The first kappa shape index (κ1) is 40.7. The fourth-order valence-corrected chi connectivity index (χ4v) is 11.6. The highest BCUT2D eigenvalue weighted by atomic mass is 32.1. The molecule has 1 aliphatic carbocycles. The maximum Gasteiger partial charge on any atom is 0.0547 e. The molecule has 69 heavy (non-hydrogen) atoms. The highest BCUT2D eigenvalue weighted by molar-refractivity contribution is 7.25. The molecule has 0 radical (unpaired) electrons. The molecule has 2 heterocycles. The molecule has 0 saturated carbocycles. The minimum Gasteiger partial charge on any atom is -0.311 e. The lowest BCUT2D eigenvalue weighted by Crippen LogP contribution is -2.17. The quantitative estimate of drug-likeness (QED) is 0.140. The van der Waals surface area contributed by atoms with Gasteiger partial charge < -0.3 is 9.47 Å². The van der Waals surface area contributed by atoms with Crippen LogP contribution in [-0.2, 0) is 0 Å². The Morgan fingerprint density at radius 3 is 1.65 bits per heavy atom. The van der Waals surface area contributed by atoms with Crippen molar-refractivity contribution in [3.63, 3.8) is 0 Å². The number of fused-ring (bicyclic) bond motifs is 6. The highest BCUT2D eigenvalue weighted by Crippen LogP contribution is 2.44. The van der Waals surface area contributed by atoms with E-state index in [1.807, 2.05) is 11.3 Å². The molecule has 0 fully saturated rings. The molecule has 326 valence electrons. The molecule has 0 amide bonds. The summed E-state index contributed by atoms with van der Waals surface area (Å²) in [5.41, 5.74) is 19.3. The summed E-state index contributed by atoms with van der Waals surface area (Å²) in [4.78, 5) is 2.46. The molecule has 13 rings (SSSR count). The Kier molecular flexibility index (Phi) is 10.2. The smallest absolute Gasteiger partial charge is 0.0547 e. The fraction of sp³-hybridized carbons (Fsp3) is 0.0303. The summed E-state index contributed by atoms with van der Waals surface area (Å²) in [6, 6.07) is 89.0. The van der Waals surface area contributed by atoms with Crippen molar-refractivity contribution < 1.29 is 0 Å². The fourth-order valence-electron chi connectivity index (χ4n) is 10.5. The lowest BCUT2D eigenvalue weighted by molar-refractivity contribution is 1.01. The molecule has 0 saturated heterocycles. The predicted molar refractivity (Wildman–Crippen MR) is 296 cm³/mol. The Morgan fingerprint density at radius 1 is 0.362 bits per heavy atom. The molecule has 10 aromatic carbocycles. The number of hydrogen-bond acceptors (Lipinski definition) is 2. The number of anilines is 2. The second kappa shape index (κ2) is 17.3. The Labute approximate surface area is 406 Å². The zero-order valence-corrected chi connectivity index (χ0v) is 38.8. The number of benzene rings is 10. The SMILES string of the molecule is C1=C(c2ccc(-c3ccc(-c4ccccc4)cc3)cc2-c2ccc3c4ccccc4n(-c4ccccc4)c3c2)CCC=C1N(c1ccc(-c2ccccc2)cc1)c1ccc2sc3ccccc3c2c1. The first-order valence-electron chi connectivity index (χ1n) is 23.9. The summed E-state index contributed by atoms with van der Waals surface area (Å²) in [6.07, 6.45) is 6.74. The van der Waals surface area contributed by atoms with Gasteiger partial charge in [0.15, 0.2) is 0 Å². The second-order valence-corrected chi connectivity index (χ2v) is 19.1. The van der Waals surface area contributed by atoms with Gasteiger partial charge in [0.1, 0.15) is 0 Å². The molecule has 0 spiro atoms. The van der Waals surface area contributed by atoms with E-state index in [-0.39, 0.29) is 0 Å². The van der Waals surface area contributed by atoms with Crippen molar-refractivity contribution in [1.29, 1.82) is 0 Å². The van der Waals surface area contributed by atoms with Gasteiger partial charge in [-0.2, -0.15) is 0 Å². The normalized spacial score (nSPS) is 12.7. The number of hydrogen-bond donors (Lipinski definition) is 0. The van der Waals surface area contributed by atoms with Crippen LogP contribution in [0.1, 0.15) is 18.4 Å². The molecule has 2 nitrogen and oxygen atoms in total. The molecule has 0 N–H and O–H groups in total. The van der Waals surface area contributed by atoms with Gasteiger partial charge in [-0.05, 0) is 141 Å². The summed E-state index contributed by atoms with van der Waals surface area (Å²) in [6.45, 7) is 0. The Morgan fingerprint density at radius 2 is 0.913 bits per heavy atom. The third kappa shape index (κ3) is 7.45. The van der Waals surface area contributed by atoms with Gasteiger partial charge in [0.2, 0.25) is 0 Å². The lowest BCUT2D eigenvalue weighted by Gasteiger charge is -2.29. The zero-order chi connectivity index (χ0) is 45.7. The molecule has 1 aliphatic rings. The van der Waals surface area contributed by atoms with Crippen LogP contribution < -0.4 is 4.90 Å². The van der Waals surface area contributed by atoms with E-state index < -0.39 is 0 Å². The van der Waals surface area contributed by atoms with Crippen LogP contribution in [0.3, 0.4) is 0 Å². The monoisotopic (exact) mass is 898 g/mol. The number of nitrogens with zero attached hydrogens (tertiary/aromatic N) is 2. The van der Waals surface area contributed by atoms with E-state index >= 15 is 0 Å². The molecular formula is C66H46N2S. The number of aromatic nitrogens is 1. The van der Waals surface area contributed by atoms with Crippen molar-refractivity contribution in [2.24, 2.45) is 0 Å². The average molecular weight is 899 g/mol. The summed E-state index contributed by atoms with van der Waals surface area (Å²) in [7, 11) is 0. The van der Waals surface area contributed by atoms with Crippen molar-refractivity contribution in [3.8, 4) is 50.2 Å². The van der Waals surface area contributed by atoms with Gasteiger partial charge in [-0.1, -0.05) is 182 Å². The van der Waals surface area contributed by atoms with E-state index in [2.05, 4.69) is 264 Å². The lowest BCUT2D eigenvalue weighted by atomic mass is 9.87. The van der Waals surface area contributed by atoms with Crippen LogP contribution in [0.15, 0.2) is 261 Å². The zero-order valence-electron chi connectivity index (χ0n) is 38.0. The Hall–Kier alpha value is -8.50. The molecule has 0 atom stereocenters. The summed E-state index contributed by atoms with van der Waals surface area (Å²) >= 11 is 1.86. The van der Waals surface area contributed by atoms with Crippen LogP contribution in [0.2, 0.25) is 0 Å². The van der Waals surface area contributed by atoms with Crippen molar-refractivity contribution in [2.45, 2.75) is 12.8 Å². The van der Waals surface area contributed by atoms with Gasteiger partial charge >= 0.3 is 0 Å². The van der Waals surface area contributed by atoms with E-state index in [1.54, 1.807) is 0 Å². The minimum atomic E-state index is 0.923. The molecule has 3 heteroatoms. The van der Waals surface area contributed by atoms with Crippen molar-refractivity contribution in [2.75, 3.05) is 4.90 Å². The number of allylic oxidation sites excluding steroid dienone is 3. The summed E-state index contributed by atoms with van der Waals surface area (Å²) < 4.78 is 5.04. The van der Waals surface area contributed by atoms with Gasteiger partial charge in [0.05, 0.1) is 11.0 Å². The van der Waals surface area contributed by atoms with Gasteiger partial charge in [0, 0.05) is 53.7 Å². The van der Waals surface area contributed by atoms with Crippen molar-refractivity contribution >= 4 is 70.3 Å². The van der Waals surface area contributed by atoms with Crippen LogP contribution in [0.5, 0.6) is 0 Å². The summed E-state index contributed by atoms with van der Waals surface area (Å²) in [5, 5.41) is 5.09. The highest BCUT2D eigenvalue weighted by Gasteiger charge is 2.22. The third-order valence-electron chi connectivity index (χ3n) is 13.9. The molecule has 0 aliphatic heterocycles. The first-order valence-corrected chi connectivity index (χ1v) is 24.7. The molecule has 12 aromatic rings. The molecule has 2 aromatic heterocycles. The largest absolute Gasteiger partial charge is 0.311 e. The van der Waals surface area contributed by atoms with Crippen LogP contribution in [0, 0.1) is 0 Å². The maximum atomic E-state index is 2.46. The maximum absolute atomic E-state index is 2.46. The number of thiophene rings is 1. The van der Waals surface area contributed by atoms with Gasteiger partial charge in [-0.15, -0.1) is 11.3 Å². The number of rotatable bonds is 9. The van der Waals surface area contributed by atoms with E-state index in [0.29, 0.717) is 0 Å². The van der Waals surface area contributed by atoms with Crippen molar-refractivity contribution in [3.05, 3.63) is 266 Å². The first-order chi connectivity index (χ1) is 34.2. The molecular weight excluding hydrogens is 853 g/mol. The number of para-hydroxylation sites is 2. The predicted octanol–water partition coefficient (Wildman–Crippen LogP) is 18.7. The van der Waals surface area contributed by atoms with Gasteiger partial charge in [0.25, 0.3) is 0 Å². The van der Waals surface area contributed by atoms with Crippen LogP contribution in [0.4, 0.5) is 11.4 Å². The van der Waals surface area contributed by atoms with Gasteiger partial charge in [-0.3, -0.25) is 0 Å². The van der Waals surface area contributed by atoms with Crippen LogP contribution in [0.25, 0.3) is 97.7 Å². The topological polar surface area (TPSA) is 8.17 Å². The van der Waals surface area contributed by atoms with E-state index in [9.17, 15) is 0 Å².